The zero-order valence-electron chi connectivity index (χ0n) is 12.1. The highest BCUT2D eigenvalue weighted by molar-refractivity contribution is 6.34. The zero-order valence-corrected chi connectivity index (χ0v) is 12.9. The summed E-state index contributed by atoms with van der Waals surface area (Å²) in [6.07, 6.45) is 0. The van der Waals surface area contributed by atoms with Crippen LogP contribution in [0.25, 0.3) is 0 Å². The van der Waals surface area contributed by atoms with Crippen LogP contribution < -0.4 is 10.6 Å². The summed E-state index contributed by atoms with van der Waals surface area (Å²) in [4.78, 5) is 2.10. The van der Waals surface area contributed by atoms with Crippen LogP contribution in [0.1, 0.15) is 33.3 Å². The van der Waals surface area contributed by atoms with Gasteiger partial charge in [-0.3, -0.25) is 0 Å². The Morgan fingerprint density at radius 2 is 2.00 bits per heavy atom. The molecule has 0 aliphatic heterocycles. The van der Waals surface area contributed by atoms with Gasteiger partial charge >= 0.3 is 0 Å². The maximum atomic E-state index is 8.90. The summed E-state index contributed by atoms with van der Waals surface area (Å²) in [5, 5.41) is 12.4. The van der Waals surface area contributed by atoms with Crippen molar-refractivity contribution in [3.05, 3.63) is 28.8 Å². The molecule has 0 radical (unpaired) electrons. The molecule has 0 aliphatic carbocycles. The topological polar surface area (TPSA) is 61.8 Å². The van der Waals surface area contributed by atoms with Gasteiger partial charge in [-0.25, -0.2) is 0 Å². The predicted octanol–water partition coefficient (Wildman–Crippen LogP) is 3.31. The SMILES string of the molecule is CC(N(C)c1cccc(Cl)c1C(N)=NO)C(C)(C)C. The van der Waals surface area contributed by atoms with Crippen LogP contribution in [0.4, 0.5) is 5.69 Å². The average molecular weight is 284 g/mol. The molecule has 19 heavy (non-hydrogen) atoms. The molecule has 1 aromatic rings. The monoisotopic (exact) mass is 283 g/mol. The van der Waals surface area contributed by atoms with E-state index in [1.165, 1.54) is 0 Å². The first-order valence-corrected chi connectivity index (χ1v) is 6.57. The molecule has 1 rings (SSSR count). The first-order chi connectivity index (χ1) is 8.70. The lowest BCUT2D eigenvalue weighted by Gasteiger charge is -2.37. The van der Waals surface area contributed by atoms with E-state index < -0.39 is 0 Å². The number of oxime groups is 1. The number of nitrogens with zero attached hydrogens (tertiary/aromatic N) is 2. The van der Waals surface area contributed by atoms with Gasteiger partial charge in [0.05, 0.1) is 10.6 Å². The Hall–Kier alpha value is -1.42. The second kappa shape index (κ2) is 5.70. The summed E-state index contributed by atoms with van der Waals surface area (Å²) in [6.45, 7) is 8.64. The lowest BCUT2D eigenvalue weighted by Crippen LogP contribution is -2.40. The van der Waals surface area contributed by atoms with E-state index in [9.17, 15) is 0 Å². The summed E-state index contributed by atoms with van der Waals surface area (Å²) in [7, 11) is 1.98. The summed E-state index contributed by atoms with van der Waals surface area (Å²) in [6, 6.07) is 5.77. The lowest BCUT2D eigenvalue weighted by atomic mass is 9.86. The molecule has 0 heterocycles. The first kappa shape index (κ1) is 15.6. The van der Waals surface area contributed by atoms with Gasteiger partial charge in [-0.1, -0.05) is 43.6 Å². The van der Waals surface area contributed by atoms with Gasteiger partial charge in [0.2, 0.25) is 0 Å². The number of hydrogen-bond acceptors (Lipinski definition) is 3. The number of nitrogens with two attached hydrogens (primary N) is 1. The fourth-order valence-corrected chi connectivity index (χ4v) is 2.17. The highest BCUT2D eigenvalue weighted by Gasteiger charge is 2.26. The van der Waals surface area contributed by atoms with Crippen molar-refractivity contribution in [2.45, 2.75) is 33.7 Å². The molecule has 0 bridgehead atoms. The molecule has 0 aromatic heterocycles. The van der Waals surface area contributed by atoms with E-state index in [1.807, 2.05) is 19.2 Å². The van der Waals surface area contributed by atoms with Crippen LogP contribution in [0.3, 0.4) is 0 Å². The Morgan fingerprint density at radius 1 is 1.42 bits per heavy atom. The van der Waals surface area contributed by atoms with Gasteiger partial charge in [0, 0.05) is 18.8 Å². The molecule has 5 heteroatoms. The minimum atomic E-state index is 0.0218. The molecule has 0 amide bonds. The normalized spacial score (nSPS) is 14.3. The van der Waals surface area contributed by atoms with E-state index in [0.717, 1.165) is 5.69 Å². The lowest BCUT2D eigenvalue weighted by molar-refractivity contribution is 0.318. The zero-order chi connectivity index (χ0) is 14.8. The van der Waals surface area contributed by atoms with E-state index in [1.54, 1.807) is 6.07 Å². The van der Waals surface area contributed by atoms with E-state index in [-0.39, 0.29) is 17.3 Å². The summed E-state index contributed by atoms with van der Waals surface area (Å²) in [5.41, 5.74) is 7.24. The predicted molar refractivity (Wildman–Crippen MR) is 81.3 cm³/mol. The average Bonchev–Trinajstić information content (AvgIpc) is 2.34. The number of anilines is 1. The Balaban J connectivity index is 3.32. The van der Waals surface area contributed by atoms with E-state index >= 15 is 0 Å². The van der Waals surface area contributed by atoms with Gasteiger partial charge in [0.15, 0.2) is 5.84 Å². The molecular formula is C14H22ClN3O. The van der Waals surface area contributed by atoms with Gasteiger partial charge in [-0.15, -0.1) is 0 Å². The molecule has 3 N–H and O–H groups in total. The van der Waals surface area contributed by atoms with Crippen LogP contribution in [-0.2, 0) is 0 Å². The van der Waals surface area contributed by atoms with Crippen molar-refractivity contribution in [1.82, 2.24) is 0 Å². The van der Waals surface area contributed by atoms with Crippen LogP contribution in [-0.4, -0.2) is 24.1 Å². The summed E-state index contributed by atoms with van der Waals surface area (Å²) < 4.78 is 0. The van der Waals surface area contributed by atoms with Gasteiger partial charge < -0.3 is 15.8 Å². The number of rotatable bonds is 3. The van der Waals surface area contributed by atoms with Crippen molar-refractivity contribution in [2.75, 3.05) is 11.9 Å². The molecular weight excluding hydrogens is 262 g/mol. The van der Waals surface area contributed by atoms with Crippen molar-refractivity contribution in [3.8, 4) is 0 Å². The highest BCUT2D eigenvalue weighted by atomic mass is 35.5. The molecule has 0 saturated carbocycles. The molecule has 1 aromatic carbocycles. The minimum Gasteiger partial charge on any atom is -0.409 e. The summed E-state index contributed by atoms with van der Waals surface area (Å²) >= 11 is 6.17. The van der Waals surface area contributed by atoms with Gasteiger partial charge in [-0.2, -0.15) is 0 Å². The molecule has 0 spiro atoms. The standard InChI is InChI=1S/C14H22ClN3O/c1-9(14(2,3)4)18(5)11-8-6-7-10(15)12(11)13(16)17-19/h6-9,19H,1-5H3,(H2,16,17). The molecule has 0 aliphatic rings. The second-order valence-electron chi connectivity index (χ2n) is 5.77. The van der Waals surface area contributed by atoms with Crippen LogP contribution in [0, 0.1) is 5.41 Å². The Bertz CT molecular complexity index is 480. The fraction of sp³-hybridized carbons (Fsp3) is 0.500. The third-order valence-corrected chi connectivity index (χ3v) is 3.88. The minimum absolute atomic E-state index is 0.0218. The molecule has 1 unspecified atom stereocenters. The Kier molecular flexibility index (Phi) is 4.69. The first-order valence-electron chi connectivity index (χ1n) is 6.19. The Morgan fingerprint density at radius 3 is 2.47 bits per heavy atom. The third kappa shape index (κ3) is 3.32. The van der Waals surface area contributed by atoms with Crippen molar-refractivity contribution in [3.63, 3.8) is 0 Å². The fourth-order valence-electron chi connectivity index (χ4n) is 1.90. The van der Waals surface area contributed by atoms with E-state index in [0.29, 0.717) is 10.6 Å². The third-order valence-electron chi connectivity index (χ3n) is 3.57. The second-order valence-corrected chi connectivity index (χ2v) is 6.18. The molecule has 0 fully saturated rings. The largest absolute Gasteiger partial charge is 0.409 e. The van der Waals surface area contributed by atoms with Gasteiger partial charge in [0.25, 0.3) is 0 Å². The number of halogens is 1. The Labute approximate surface area is 119 Å². The van der Waals surface area contributed by atoms with Crippen LogP contribution in [0.5, 0.6) is 0 Å². The van der Waals surface area contributed by atoms with E-state index in [4.69, 9.17) is 22.5 Å². The molecule has 4 nitrogen and oxygen atoms in total. The maximum Gasteiger partial charge on any atom is 0.173 e. The van der Waals surface area contributed by atoms with Crippen molar-refractivity contribution in [2.24, 2.45) is 16.3 Å². The van der Waals surface area contributed by atoms with Crippen molar-refractivity contribution < 1.29 is 5.21 Å². The molecule has 1 atom stereocenters. The quantitative estimate of drug-likeness (QED) is 0.387. The highest BCUT2D eigenvalue weighted by Crippen LogP contribution is 2.32. The van der Waals surface area contributed by atoms with Crippen LogP contribution >= 0.6 is 11.6 Å². The van der Waals surface area contributed by atoms with Gasteiger partial charge in [-0.05, 0) is 24.5 Å². The van der Waals surface area contributed by atoms with Crippen LogP contribution in [0.2, 0.25) is 5.02 Å². The van der Waals surface area contributed by atoms with Crippen molar-refractivity contribution in [1.29, 1.82) is 0 Å². The number of amidine groups is 1. The number of benzene rings is 1. The molecule has 106 valence electrons. The smallest absolute Gasteiger partial charge is 0.173 e. The van der Waals surface area contributed by atoms with E-state index in [2.05, 4.69) is 37.8 Å². The maximum absolute atomic E-state index is 8.90. The van der Waals surface area contributed by atoms with Gasteiger partial charge in [0.1, 0.15) is 0 Å². The summed E-state index contributed by atoms with van der Waals surface area (Å²) in [5.74, 6) is 0.0218. The molecule has 0 saturated heterocycles. The number of hydrogen-bond donors (Lipinski definition) is 2. The van der Waals surface area contributed by atoms with Crippen LogP contribution in [0.15, 0.2) is 23.4 Å². The van der Waals surface area contributed by atoms with Crippen molar-refractivity contribution >= 4 is 23.1 Å².